The molecule has 3 aromatic rings. The van der Waals surface area contributed by atoms with E-state index in [1.165, 1.54) is 0 Å². The minimum Gasteiger partial charge on any atom is -0.392 e. The Morgan fingerprint density at radius 1 is 1.37 bits per heavy atom. The Labute approximate surface area is 176 Å². The van der Waals surface area contributed by atoms with Gasteiger partial charge in [0.1, 0.15) is 11.6 Å². The fraction of sp³-hybridized carbons (Fsp3) is 0.200. The van der Waals surface area contributed by atoms with E-state index in [1.807, 2.05) is 12.1 Å². The molecule has 0 radical (unpaired) electrons. The molecule has 0 spiro atoms. The molecule has 1 atom stereocenters. The number of rotatable bonds is 6. The topological polar surface area (TPSA) is 121 Å². The highest BCUT2D eigenvalue weighted by Crippen LogP contribution is 2.25. The average Bonchev–Trinajstić information content (AvgIpc) is 3.22. The number of aliphatic hydroxyl groups is 1. The maximum Gasteiger partial charge on any atom is 0.254 e. The maximum absolute atomic E-state index is 11.9. The Morgan fingerprint density at radius 2 is 2.20 bits per heavy atom. The number of halogens is 1. The van der Waals surface area contributed by atoms with Crippen LogP contribution in [0.25, 0.3) is 11.7 Å². The number of carbonyl (C=O) groups excluding carboxylic acids is 2. The molecule has 2 amide bonds. The van der Waals surface area contributed by atoms with Gasteiger partial charge in [0, 0.05) is 34.5 Å². The summed E-state index contributed by atoms with van der Waals surface area (Å²) in [7, 11) is 0. The van der Waals surface area contributed by atoms with E-state index in [4.69, 9.17) is 11.6 Å². The number of amides is 2. The van der Waals surface area contributed by atoms with Crippen LogP contribution in [0.4, 0.5) is 17.3 Å². The van der Waals surface area contributed by atoms with Gasteiger partial charge in [-0.3, -0.25) is 14.9 Å². The van der Waals surface area contributed by atoms with E-state index in [-0.39, 0.29) is 12.3 Å². The van der Waals surface area contributed by atoms with Gasteiger partial charge in [-0.1, -0.05) is 17.7 Å². The van der Waals surface area contributed by atoms with Crippen molar-refractivity contribution in [3.8, 4) is 0 Å². The van der Waals surface area contributed by atoms with Crippen molar-refractivity contribution in [1.82, 2.24) is 19.9 Å². The molecular weight excluding hydrogens is 408 g/mol. The largest absolute Gasteiger partial charge is 0.392 e. The summed E-state index contributed by atoms with van der Waals surface area (Å²) >= 11 is 6.06. The Morgan fingerprint density at radius 3 is 2.90 bits per heavy atom. The summed E-state index contributed by atoms with van der Waals surface area (Å²) in [4.78, 5) is 28.0. The molecule has 4 N–H and O–H groups in total. The van der Waals surface area contributed by atoms with Crippen molar-refractivity contribution in [3.05, 3.63) is 52.7 Å². The van der Waals surface area contributed by atoms with Crippen molar-refractivity contribution >= 4 is 52.5 Å². The van der Waals surface area contributed by atoms with E-state index in [1.54, 1.807) is 41.9 Å². The summed E-state index contributed by atoms with van der Waals surface area (Å²) in [5, 5.41) is 23.2. The highest BCUT2D eigenvalue weighted by Gasteiger charge is 2.24. The number of fused-ring (bicyclic) bond motifs is 1. The molecule has 2 aromatic heterocycles. The molecule has 1 saturated heterocycles. The van der Waals surface area contributed by atoms with Crippen LogP contribution in [0.5, 0.6) is 0 Å². The van der Waals surface area contributed by atoms with Crippen molar-refractivity contribution in [2.24, 2.45) is 0 Å². The number of aliphatic hydroxyl groups excluding tert-OH is 1. The first-order chi connectivity index (χ1) is 14.4. The molecule has 1 fully saturated rings. The number of nitrogens with one attached hydrogen (secondary N) is 3. The second-order valence-electron chi connectivity index (χ2n) is 6.95. The smallest absolute Gasteiger partial charge is 0.254 e. The van der Waals surface area contributed by atoms with Gasteiger partial charge in [-0.2, -0.15) is 9.61 Å². The van der Waals surface area contributed by atoms with E-state index in [2.05, 4.69) is 26.0 Å². The zero-order valence-corrected chi connectivity index (χ0v) is 16.8. The summed E-state index contributed by atoms with van der Waals surface area (Å²) in [6.45, 7) is 1.98. The van der Waals surface area contributed by atoms with Gasteiger partial charge >= 0.3 is 0 Å². The van der Waals surface area contributed by atoms with Gasteiger partial charge < -0.3 is 15.7 Å². The number of hydrogen-bond donors (Lipinski definition) is 4. The Bertz CT molecular complexity index is 1170. The van der Waals surface area contributed by atoms with Crippen molar-refractivity contribution in [3.63, 3.8) is 0 Å². The predicted molar refractivity (Wildman–Crippen MR) is 114 cm³/mol. The van der Waals surface area contributed by atoms with Crippen LogP contribution in [0.1, 0.15) is 18.9 Å². The van der Waals surface area contributed by atoms with E-state index >= 15 is 0 Å². The third kappa shape index (κ3) is 4.27. The third-order valence-corrected chi connectivity index (χ3v) is 4.64. The number of nitrogens with zero attached hydrogens (tertiary/aromatic N) is 3. The van der Waals surface area contributed by atoms with Crippen molar-refractivity contribution < 1.29 is 14.7 Å². The summed E-state index contributed by atoms with van der Waals surface area (Å²) in [5.74, 6) is 0.366. The van der Waals surface area contributed by atoms with Crippen molar-refractivity contribution in [2.75, 3.05) is 17.2 Å². The number of benzene rings is 1. The number of anilines is 3. The lowest BCUT2D eigenvalue weighted by atomic mass is 10.1. The van der Waals surface area contributed by atoms with Crippen LogP contribution in [0, 0.1) is 0 Å². The summed E-state index contributed by atoms with van der Waals surface area (Å²) < 4.78 is 1.58. The number of carbonyl (C=O) groups is 2. The molecule has 30 heavy (non-hydrogen) atoms. The van der Waals surface area contributed by atoms with Crippen LogP contribution in [0.2, 0.25) is 5.02 Å². The standard InChI is InChI=1S/C20H19ClN6O3/c1-11(28)9-22-17-8-16(24-15-4-2-3-14(21)7-15)25-19-13(10-23-27(17)19)5-12-6-18(29)26-20(12)30/h2-5,7-8,10-11,22,28H,6,9H2,1H3,(H,24,25)(H,26,29,30)/b12-5+. The molecule has 4 rings (SSSR count). The van der Waals surface area contributed by atoms with E-state index in [9.17, 15) is 14.7 Å². The monoisotopic (exact) mass is 426 g/mol. The van der Waals surface area contributed by atoms with Crippen molar-refractivity contribution in [1.29, 1.82) is 0 Å². The normalized spacial score (nSPS) is 16.2. The molecule has 0 aliphatic carbocycles. The van der Waals surface area contributed by atoms with Gasteiger partial charge in [0.15, 0.2) is 5.65 Å². The first-order valence-corrected chi connectivity index (χ1v) is 9.65. The van der Waals surface area contributed by atoms with Gasteiger partial charge in [-0.05, 0) is 31.2 Å². The average molecular weight is 427 g/mol. The lowest BCUT2D eigenvalue weighted by Crippen LogP contribution is -2.19. The zero-order chi connectivity index (χ0) is 21.3. The minimum atomic E-state index is -0.567. The first kappa shape index (κ1) is 19.9. The molecule has 0 saturated carbocycles. The molecule has 154 valence electrons. The molecule has 9 nitrogen and oxygen atoms in total. The Hall–Kier alpha value is -3.43. The van der Waals surface area contributed by atoms with Crippen LogP contribution in [0.3, 0.4) is 0 Å². The van der Waals surface area contributed by atoms with E-state index < -0.39 is 12.0 Å². The maximum atomic E-state index is 11.9. The van der Waals surface area contributed by atoms with Crippen LogP contribution < -0.4 is 16.0 Å². The highest BCUT2D eigenvalue weighted by molar-refractivity contribution is 6.30. The lowest BCUT2D eigenvalue weighted by molar-refractivity contribution is -0.124. The Kier molecular flexibility index (Phi) is 5.39. The number of imide groups is 1. The van der Waals surface area contributed by atoms with Crippen LogP contribution in [-0.2, 0) is 9.59 Å². The van der Waals surface area contributed by atoms with Crippen LogP contribution in [0.15, 0.2) is 42.1 Å². The molecule has 3 heterocycles. The number of aromatic nitrogens is 3. The highest BCUT2D eigenvalue weighted by atomic mass is 35.5. The minimum absolute atomic E-state index is 0.0176. The van der Waals surface area contributed by atoms with E-state index in [0.717, 1.165) is 5.69 Å². The van der Waals surface area contributed by atoms with Gasteiger partial charge in [0.25, 0.3) is 5.91 Å². The molecule has 1 aliphatic heterocycles. The first-order valence-electron chi connectivity index (χ1n) is 9.27. The fourth-order valence-corrected chi connectivity index (χ4v) is 3.24. The van der Waals surface area contributed by atoms with Gasteiger partial charge in [-0.25, -0.2) is 4.98 Å². The Balaban J connectivity index is 1.77. The molecule has 0 bridgehead atoms. The molecular formula is C20H19ClN6O3. The predicted octanol–water partition coefficient (Wildman–Crippen LogP) is 2.35. The second kappa shape index (κ2) is 8.13. The summed E-state index contributed by atoms with van der Waals surface area (Å²) in [6, 6.07) is 8.97. The van der Waals surface area contributed by atoms with Gasteiger partial charge in [0.2, 0.25) is 5.91 Å². The van der Waals surface area contributed by atoms with E-state index in [0.29, 0.717) is 40.0 Å². The zero-order valence-electron chi connectivity index (χ0n) is 16.0. The molecule has 10 heteroatoms. The van der Waals surface area contributed by atoms with Gasteiger partial charge in [-0.15, -0.1) is 0 Å². The van der Waals surface area contributed by atoms with Gasteiger partial charge in [0.05, 0.1) is 18.7 Å². The number of hydrogen-bond acceptors (Lipinski definition) is 7. The molecule has 1 aromatic carbocycles. The second-order valence-corrected chi connectivity index (χ2v) is 7.39. The van der Waals surface area contributed by atoms with Crippen molar-refractivity contribution in [2.45, 2.75) is 19.4 Å². The SMILES string of the molecule is CC(O)CNc1cc(Nc2cccc(Cl)c2)nc2c(/C=C3\CC(=O)NC3=O)cnn12. The molecule has 1 aliphatic rings. The molecule has 1 unspecified atom stereocenters. The quantitative estimate of drug-likeness (QED) is 0.352. The lowest BCUT2D eigenvalue weighted by Gasteiger charge is -2.13. The summed E-state index contributed by atoms with van der Waals surface area (Å²) in [6.07, 6.45) is 2.63. The fourth-order valence-electron chi connectivity index (χ4n) is 3.05. The third-order valence-electron chi connectivity index (χ3n) is 4.40. The van der Waals surface area contributed by atoms with Crippen LogP contribution in [-0.4, -0.2) is 44.2 Å². The summed E-state index contributed by atoms with van der Waals surface area (Å²) in [5.41, 5.74) is 2.17. The van der Waals surface area contributed by atoms with Crippen LogP contribution >= 0.6 is 11.6 Å².